The number of nitrogens with one attached hydrogen (secondary N) is 1. The van der Waals surface area contributed by atoms with E-state index in [1.54, 1.807) is 0 Å². The normalized spacial score (nSPS) is 11.9. The maximum Gasteiger partial charge on any atom is 0.307 e. The highest BCUT2D eigenvalue weighted by Gasteiger charge is 2.16. The van der Waals surface area contributed by atoms with Crippen LogP contribution in [0.4, 0.5) is 0 Å². The van der Waals surface area contributed by atoms with Crippen LogP contribution in [0, 0.1) is 0 Å². The van der Waals surface area contributed by atoms with Crippen LogP contribution < -0.4 is 10.1 Å². The van der Waals surface area contributed by atoms with Gasteiger partial charge in [-0.2, -0.15) is 0 Å². The van der Waals surface area contributed by atoms with E-state index in [0.29, 0.717) is 19.6 Å². The molecule has 1 aromatic carbocycles. The predicted molar refractivity (Wildman–Crippen MR) is 75.3 cm³/mol. The molecule has 0 saturated carbocycles. The Morgan fingerprint density at radius 3 is 2.68 bits per heavy atom. The zero-order chi connectivity index (χ0) is 14.1. The molecule has 0 aliphatic carbocycles. The van der Waals surface area contributed by atoms with Crippen LogP contribution in [0.15, 0.2) is 24.3 Å². The zero-order valence-corrected chi connectivity index (χ0v) is 11.9. The molecule has 0 radical (unpaired) electrons. The van der Waals surface area contributed by atoms with Gasteiger partial charge in [0.1, 0.15) is 5.75 Å². The number of carbonyl (C=O) groups is 1. The maximum atomic E-state index is 11.6. The van der Waals surface area contributed by atoms with Crippen LogP contribution in [0.1, 0.15) is 38.8 Å². The first-order valence-electron chi connectivity index (χ1n) is 6.83. The van der Waals surface area contributed by atoms with Crippen molar-refractivity contribution in [3.8, 4) is 5.75 Å². The standard InChI is InChI=1S/C15H23NO3/c1-4-16-14(11-15(17)19-6-3)12-8-7-9-13(10-12)18-5-2/h7-10,14,16H,4-6,11H2,1-3H3. The van der Waals surface area contributed by atoms with E-state index in [0.717, 1.165) is 17.9 Å². The van der Waals surface area contributed by atoms with Gasteiger partial charge in [0.05, 0.1) is 19.6 Å². The average molecular weight is 265 g/mol. The summed E-state index contributed by atoms with van der Waals surface area (Å²) >= 11 is 0. The summed E-state index contributed by atoms with van der Waals surface area (Å²) in [6.07, 6.45) is 0.331. The predicted octanol–water partition coefficient (Wildman–Crippen LogP) is 2.69. The van der Waals surface area contributed by atoms with Gasteiger partial charge in [0.15, 0.2) is 0 Å². The Balaban J connectivity index is 2.79. The van der Waals surface area contributed by atoms with Gasteiger partial charge in [0, 0.05) is 6.04 Å². The molecule has 0 fully saturated rings. The van der Waals surface area contributed by atoms with E-state index in [1.165, 1.54) is 0 Å². The molecule has 0 bridgehead atoms. The topological polar surface area (TPSA) is 47.6 Å². The Hall–Kier alpha value is -1.55. The van der Waals surface area contributed by atoms with E-state index in [4.69, 9.17) is 9.47 Å². The van der Waals surface area contributed by atoms with Crippen molar-refractivity contribution in [2.75, 3.05) is 19.8 Å². The van der Waals surface area contributed by atoms with Crippen molar-refractivity contribution in [3.05, 3.63) is 29.8 Å². The van der Waals surface area contributed by atoms with Crippen LogP contribution in [0.3, 0.4) is 0 Å². The molecule has 1 rings (SSSR count). The monoisotopic (exact) mass is 265 g/mol. The smallest absolute Gasteiger partial charge is 0.307 e. The van der Waals surface area contributed by atoms with E-state index in [9.17, 15) is 4.79 Å². The molecule has 1 N–H and O–H groups in total. The molecule has 4 nitrogen and oxygen atoms in total. The largest absolute Gasteiger partial charge is 0.494 e. The van der Waals surface area contributed by atoms with E-state index < -0.39 is 0 Å². The minimum absolute atomic E-state index is 0.0375. The molecule has 1 aromatic rings. The van der Waals surface area contributed by atoms with Crippen LogP contribution in [0.25, 0.3) is 0 Å². The van der Waals surface area contributed by atoms with E-state index in [-0.39, 0.29) is 12.0 Å². The third-order valence-corrected chi connectivity index (χ3v) is 2.70. The Labute approximate surface area is 115 Å². The van der Waals surface area contributed by atoms with Gasteiger partial charge in [-0.05, 0) is 38.1 Å². The third-order valence-electron chi connectivity index (χ3n) is 2.70. The molecular weight excluding hydrogens is 242 g/mol. The number of esters is 1. The van der Waals surface area contributed by atoms with Crippen LogP contribution >= 0.6 is 0 Å². The lowest BCUT2D eigenvalue weighted by Gasteiger charge is -2.18. The molecule has 0 spiro atoms. The number of carbonyl (C=O) groups excluding carboxylic acids is 1. The fraction of sp³-hybridized carbons (Fsp3) is 0.533. The molecular formula is C15H23NO3. The van der Waals surface area contributed by atoms with Gasteiger partial charge in [-0.25, -0.2) is 0 Å². The third kappa shape index (κ3) is 5.30. The average Bonchev–Trinajstić information content (AvgIpc) is 2.39. The summed E-state index contributed by atoms with van der Waals surface area (Å²) in [5.41, 5.74) is 1.04. The second-order valence-corrected chi connectivity index (χ2v) is 4.12. The fourth-order valence-corrected chi connectivity index (χ4v) is 1.93. The number of hydrogen-bond donors (Lipinski definition) is 1. The first kappa shape index (κ1) is 15.5. The summed E-state index contributed by atoms with van der Waals surface area (Å²) in [7, 11) is 0. The van der Waals surface area contributed by atoms with Crippen molar-refractivity contribution in [2.24, 2.45) is 0 Å². The summed E-state index contributed by atoms with van der Waals surface area (Å²) < 4.78 is 10.5. The lowest BCUT2D eigenvalue weighted by atomic mass is 10.0. The molecule has 0 aliphatic rings. The zero-order valence-electron chi connectivity index (χ0n) is 11.9. The van der Waals surface area contributed by atoms with Crippen molar-refractivity contribution >= 4 is 5.97 Å². The Bertz CT molecular complexity index is 393. The number of rotatable bonds is 8. The van der Waals surface area contributed by atoms with Gasteiger partial charge >= 0.3 is 5.97 Å². The van der Waals surface area contributed by atoms with Gasteiger partial charge in [0.2, 0.25) is 0 Å². The Morgan fingerprint density at radius 2 is 2.05 bits per heavy atom. The summed E-state index contributed by atoms with van der Waals surface area (Å²) in [6.45, 7) is 7.63. The first-order chi connectivity index (χ1) is 9.21. The lowest BCUT2D eigenvalue weighted by Crippen LogP contribution is -2.24. The Kier molecular flexibility index (Phi) is 6.97. The van der Waals surface area contributed by atoms with Crippen LogP contribution in [-0.4, -0.2) is 25.7 Å². The SMILES string of the molecule is CCNC(CC(=O)OCC)c1cccc(OCC)c1. The van der Waals surface area contributed by atoms with Crippen molar-refractivity contribution < 1.29 is 14.3 Å². The number of benzene rings is 1. The molecule has 19 heavy (non-hydrogen) atoms. The molecule has 106 valence electrons. The molecule has 1 unspecified atom stereocenters. The van der Waals surface area contributed by atoms with Crippen molar-refractivity contribution in [2.45, 2.75) is 33.2 Å². The van der Waals surface area contributed by atoms with Gasteiger partial charge in [-0.1, -0.05) is 19.1 Å². The molecule has 0 saturated heterocycles. The summed E-state index contributed by atoms with van der Waals surface area (Å²) in [6, 6.07) is 7.78. The van der Waals surface area contributed by atoms with Gasteiger partial charge in [0.25, 0.3) is 0 Å². The number of ether oxygens (including phenoxy) is 2. The molecule has 0 heterocycles. The van der Waals surface area contributed by atoms with E-state index in [1.807, 2.05) is 45.0 Å². The molecule has 0 aromatic heterocycles. The van der Waals surface area contributed by atoms with Crippen molar-refractivity contribution in [3.63, 3.8) is 0 Å². The van der Waals surface area contributed by atoms with Crippen LogP contribution in [0.5, 0.6) is 5.75 Å². The minimum atomic E-state index is -0.185. The lowest BCUT2D eigenvalue weighted by molar-refractivity contribution is -0.143. The van der Waals surface area contributed by atoms with E-state index in [2.05, 4.69) is 5.32 Å². The van der Waals surface area contributed by atoms with Gasteiger partial charge in [-0.15, -0.1) is 0 Å². The maximum absolute atomic E-state index is 11.6. The van der Waals surface area contributed by atoms with Gasteiger partial charge in [-0.3, -0.25) is 4.79 Å². The highest BCUT2D eigenvalue weighted by atomic mass is 16.5. The van der Waals surface area contributed by atoms with Crippen LogP contribution in [-0.2, 0) is 9.53 Å². The highest BCUT2D eigenvalue weighted by molar-refractivity contribution is 5.70. The molecule has 0 amide bonds. The highest BCUT2D eigenvalue weighted by Crippen LogP contribution is 2.22. The van der Waals surface area contributed by atoms with Crippen molar-refractivity contribution in [1.29, 1.82) is 0 Å². The second-order valence-electron chi connectivity index (χ2n) is 4.12. The summed E-state index contributed by atoms with van der Waals surface area (Å²) in [4.78, 5) is 11.6. The quantitative estimate of drug-likeness (QED) is 0.734. The van der Waals surface area contributed by atoms with Crippen LogP contribution in [0.2, 0.25) is 0 Å². The first-order valence-corrected chi connectivity index (χ1v) is 6.83. The summed E-state index contributed by atoms with van der Waals surface area (Å²) in [5, 5.41) is 3.30. The number of hydrogen-bond acceptors (Lipinski definition) is 4. The van der Waals surface area contributed by atoms with Crippen molar-refractivity contribution in [1.82, 2.24) is 5.32 Å². The fourth-order valence-electron chi connectivity index (χ4n) is 1.93. The minimum Gasteiger partial charge on any atom is -0.494 e. The molecule has 4 heteroatoms. The Morgan fingerprint density at radius 1 is 1.26 bits per heavy atom. The molecule has 0 aliphatic heterocycles. The summed E-state index contributed by atoms with van der Waals surface area (Å²) in [5.74, 6) is 0.641. The van der Waals surface area contributed by atoms with E-state index >= 15 is 0 Å². The second kappa shape index (κ2) is 8.53. The molecule has 1 atom stereocenters. The van der Waals surface area contributed by atoms with Gasteiger partial charge < -0.3 is 14.8 Å².